The van der Waals surface area contributed by atoms with Crippen LogP contribution in [0.1, 0.15) is 33.4 Å². The fraction of sp³-hybridized carbons (Fsp3) is 0.533. The van der Waals surface area contributed by atoms with E-state index in [1.54, 1.807) is 0 Å². The fourth-order valence-electron chi connectivity index (χ4n) is 2.46. The van der Waals surface area contributed by atoms with Gasteiger partial charge in [0.2, 0.25) is 5.91 Å². The topological polar surface area (TPSA) is 126 Å². The Labute approximate surface area is 153 Å². The molecule has 0 radical (unpaired) electrons. The number of carbonyl (C=O) groups is 3. The maximum absolute atomic E-state index is 12.2. The Bertz CT molecular complexity index is 779. The predicted octanol–water partition coefficient (Wildman–Crippen LogP) is 0.637. The van der Waals surface area contributed by atoms with Gasteiger partial charge in [0, 0.05) is 33.4 Å². The number of hydrogen-bond donors (Lipinski definition) is 1. The molecule has 1 aliphatic heterocycles. The molecule has 2 rings (SSSR count). The summed E-state index contributed by atoms with van der Waals surface area (Å²) in [6, 6.07) is 0. The lowest BCUT2D eigenvalue weighted by molar-refractivity contribution is -0.155. The third-order valence-corrected chi connectivity index (χ3v) is 3.74. The Balaban J connectivity index is 2.23. The molecule has 1 fully saturated rings. The van der Waals surface area contributed by atoms with Crippen LogP contribution in [-0.4, -0.2) is 46.2 Å². The number of rotatable bonds is 5. The van der Waals surface area contributed by atoms with Gasteiger partial charge in [0.15, 0.2) is 5.82 Å². The van der Waals surface area contributed by atoms with Gasteiger partial charge in [-0.25, -0.2) is 4.79 Å². The van der Waals surface area contributed by atoms with Crippen LogP contribution < -0.4 is 11.0 Å². The second-order valence-electron chi connectivity index (χ2n) is 5.62. The number of anilines is 1. The predicted molar refractivity (Wildman–Crippen MR) is 88.5 cm³/mol. The van der Waals surface area contributed by atoms with Crippen molar-refractivity contribution in [2.24, 2.45) is 0 Å². The van der Waals surface area contributed by atoms with E-state index in [4.69, 9.17) is 25.8 Å². The Hall–Kier alpha value is -2.46. The van der Waals surface area contributed by atoms with Gasteiger partial charge >= 0.3 is 17.6 Å². The number of carbonyl (C=O) groups excluding carboxylic acids is 3. The summed E-state index contributed by atoms with van der Waals surface area (Å²) in [4.78, 5) is 49.3. The van der Waals surface area contributed by atoms with E-state index in [1.807, 2.05) is 0 Å². The van der Waals surface area contributed by atoms with Crippen LogP contribution in [0.3, 0.4) is 0 Å². The van der Waals surface area contributed by atoms with Gasteiger partial charge in [-0.15, -0.1) is 0 Å². The van der Waals surface area contributed by atoms with Gasteiger partial charge in [-0.1, -0.05) is 11.6 Å². The summed E-state index contributed by atoms with van der Waals surface area (Å²) in [6.45, 7) is 3.60. The molecule has 1 aromatic rings. The van der Waals surface area contributed by atoms with Crippen LogP contribution in [-0.2, 0) is 28.6 Å². The molecule has 0 aliphatic carbocycles. The zero-order valence-corrected chi connectivity index (χ0v) is 15.1. The summed E-state index contributed by atoms with van der Waals surface area (Å²) in [5.74, 6) is -1.53. The SMILES string of the molecule is CC(=O)Nc1nc(=O)n([C@H]2C[C@H](OC(C)=O)[C@@H](COC(C)=O)O2)cc1Cl. The molecule has 1 N–H and O–H groups in total. The minimum atomic E-state index is -0.830. The second-order valence-corrected chi connectivity index (χ2v) is 6.03. The molecule has 0 spiro atoms. The highest BCUT2D eigenvalue weighted by molar-refractivity contribution is 6.33. The Kier molecular flexibility index (Phi) is 6.32. The smallest absolute Gasteiger partial charge is 0.351 e. The van der Waals surface area contributed by atoms with E-state index in [9.17, 15) is 19.2 Å². The normalized spacial score (nSPS) is 21.9. The zero-order valence-electron chi connectivity index (χ0n) is 14.4. The molecule has 11 heteroatoms. The monoisotopic (exact) mass is 387 g/mol. The van der Waals surface area contributed by atoms with Gasteiger partial charge in [-0.2, -0.15) is 4.98 Å². The number of amides is 1. The molecular weight excluding hydrogens is 370 g/mol. The largest absolute Gasteiger partial charge is 0.463 e. The number of nitrogens with zero attached hydrogens (tertiary/aromatic N) is 2. The van der Waals surface area contributed by atoms with Crippen molar-refractivity contribution in [1.82, 2.24) is 9.55 Å². The van der Waals surface area contributed by atoms with Crippen LogP contribution in [0.5, 0.6) is 0 Å². The first-order valence-corrected chi connectivity index (χ1v) is 8.07. The van der Waals surface area contributed by atoms with Gasteiger partial charge < -0.3 is 19.5 Å². The van der Waals surface area contributed by atoms with Crippen molar-refractivity contribution in [2.45, 2.75) is 45.6 Å². The molecule has 1 aliphatic rings. The van der Waals surface area contributed by atoms with Crippen LogP contribution in [0.15, 0.2) is 11.0 Å². The van der Waals surface area contributed by atoms with Crippen LogP contribution in [0, 0.1) is 0 Å². The molecule has 0 bridgehead atoms. The lowest BCUT2D eigenvalue weighted by Crippen LogP contribution is -2.31. The highest BCUT2D eigenvalue weighted by atomic mass is 35.5. The average molecular weight is 388 g/mol. The lowest BCUT2D eigenvalue weighted by Gasteiger charge is -2.17. The fourth-order valence-corrected chi connectivity index (χ4v) is 2.66. The number of nitrogens with one attached hydrogen (secondary N) is 1. The first-order chi connectivity index (χ1) is 12.2. The number of hydrogen-bond acceptors (Lipinski definition) is 8. The van der Waals surface area contributed by atoms with E-state index in [0.29, 0.717) is 0 Å². The molecule has 1 saturated heterocycles. The van der Waals surface area contributed by atoms with Crippen molar-refractivity contribution < 1.29 is 28.6 Å². The van der Waals surface area contributed by atoms with Crippen molar-refractivity contribution in [2.75, 3.05) is 11.9 Å². The minimum absolute atomic E-state index is 0.0378. The minimum Gasteiger partial charge on any atom is -0.463 e. The van der Waals surface area contributed by atoms with Crippen LogP contribution in [0.25, 0.3) is 0 Å². The number of aromatic nitrogens is 2. The summed E-state index contributed by atoms with van der Waals surface area (Å²) in [5.41, 5.74) is -0.710. The third kappa shape index (κ3) is 5.02. The van der Waals surface area contributed by atoms with Crippen molar-refractivity contribution >= 4 is 35.3 Å². The van der Waals surface area contributed by atoms with Crippen molar-refractivity contribution in [1.29, 1.82) is 0 Å². The molecule has 3 atom stereocenters. The highest BCUT2D eigenvalue weighted by Gasteiger charge is 2.39. The molecule has 0 saturated carbocycles. The maximum Gasteiger partial charge on any atom is 0.351 e. The average Bonchev–Trinajstić information content (AvgIpc) is 2.90. The lowest BCUT2D eigenvalue weighted by atomic mass is 10.2. The van der Waals surface area contributed by atoms with E-state index >= 15 is 0 Å². The quantitative estimate of drug-likeness (QED) is 0.729. The van der Waals surface area contributed by atoms with E-state index in [2.05, 4.69) is 10.3 Å². The first kappa shape index (κ1) is 19.9. The van der Waals surface area contributed by atoms with Gasteiger partial charge in [0.05, 0.1) is 5.02 Å². The van der Waals surface area contributed by atoms with Crippen LogP contribution in [0.2, 0.25) is 5.02 Å². The van der Waals surface area contributed by atoms with Gasteiger partial charge in [0.1, 0.15) is 25.0 Å². The van der Waals surface area contributed by atoms with E-state index in [0.717, 1.165) is 4.57 Å². The summed E-state index contributed by atoms with van der Waals surface area (Å²) < 4.78 is 16.9. The van der Waals surface area contributed by atoms with Crippen molar-refractivity contribution in [3.8, 4) is 0 Å². The molecule has 1 amide bonds. The van der Waals surface area contributed by atoms with Gasteiger partial charge in [-0.05, 0) is 0 Å². The highest BCUT2D eigenvalue weighted by Crippen LogP contribution is 2.31. The Morgan fingerprint density at radius 1 is 1.35 bits per heavy atom. The molecule has 26 heavy (non-hydrogen) atoms. The third-order valence-electron chi connectivity index (χ3n) is 3.46. The summed E-state index contributed by atoms with van der Waals surface area (Å²) in [6.07, 6.45) is -0.871. The van der Waals surface area contributed by atoms with Crippen molar-refractivity contribution in [3.63, 3.8) is 0 Å². The molecule has 10 nitrogen and oxygen atoms in total. The van der Waals surface area contributed by atoms with Gasteiger partial charge in [0.25, 0.3) is 0 Å². The van der Waals surface area contributed by atoms with Gasteiger partial charge in [-0.3, -0.25) is 19.0 Å². The Morgan fingerprint density at radius 3 is 2.62 bits per heavy atom. The standard InChI is InChI=1S/C15H18ClN3O7/c1-7(20)17-14-10(16)5-19(15(23)18-14)13-4-11(25-9(3)22)12(26-13)6-24-8(2)21/h5,11-13H,4,6H2,1-3H3,(H,17,18,20,23)/t11-,12+,13+/m0/s1. The van der Waals surface area contributed by atoms with Crippen LogP contribution in [0.4, 0.5) is 5.82 Å². The molecular formula is C15H18ClN3O7. The molecule has 0 aromatic carbocycles. The number of esters is 2. The van der Waals surface area contributed by atoms with E-state index in [1.165, 1.54) is 27.0 Å². The maximum atomic E-state index is 12.2. The molecule has 2 heterocycles. The molecule has 1 aromatic heterocycles. The second kappa shape index (κ2) is 8.28. The first-order valence-electron chi connectivity index (χ1n) is 7.69. The zero-order chi connectivity index (χ0) is 19.4. The Morgan fingerprint density at radius 2 is 2.04 bits per heavy atom. The molecule has 142 valence electrons. The number of ether oxygens (including phenoxy) is 3. The number of halogens is 1. The summed E-state index contributed by atoms with van der Waals surface area (Å²) in [5, 5.41) is 2.38. The molecule has 0 unspecified atom stereocenters. The van der Waals surface area contributed by atoms with Crippen molar-refractivity contribution in [3.05, 3.63) is 21.7 Å². The van der Waals surface area contributed by atoms with Crippen LogP contribution >= 0.6 is 11.6 Å². The summed E-state index contributed by atoms with van der Waals surface area (Å²) in [7, 11) is 0. The summed E-state index contributed by atoms with van der Waals surface area (Å²) >= 11 is 6.04. The van der Waals surface area contributed by atoms with E-state index < -0.39 is 42.0 Å². The van der Waals surface area contributed by atoms with E-state index in [-0.39, 0.29) is 23.9 Å².